The third-order valence-electron chi connectivity index (χ3n) is 10.6. The molecule has 310 valence electrons. The monoisotopic (exact) mass is 815 g/mol. The number of halogens is 1. The molecule has 2 saturated carbocycles. The van der Waals surface area contributed by atoms with Crippen LogP contribution in [-0.2, 0) is 56.5 Å². The van der Waals surface area contributed by atoms with Gasteiger partial charge in [0.1, 0.15) is 41.2 Å². The molecule has 3 heterocycles. The Hall–Kier alpha value is -5.00. The lowest BCUT2D eigenvalue weighted by Crippen LogP contribution is -2.58. The largest absolute Gasteiger partial charge is 0.459 e. The van der Waals surface area contributed by atoms with Crippen LogP contribution in [0.1, 0.15) is 90.2 Å². The minimum absolute atomic E-state index is 0.0436. The molecule has 3 fully saturated rings. The molecule has 3 N–H and O–H groups in total. The average Bonchev–Trinajstić information content (AvgIpc) is 4.01. The molecule has 6 atom stereocenters. The molecule has 57 heavy (non-hydrogen) atoms. The zero-order valence-electron chi connectivity index (χ0n) is 32.5. The van der Waals surface area contributed by atoms with Crippen molar-refractivity contribution in [3.63, 3.8) is 0 Å². The van der Waals surface area contributed by atoms with Crippen LogP contribution in [0.4, 0.5) is 14.0 Å². The first-order valence-electron chi connectivity index (χ1n) is 19.3. The molecule has 16 nitrogen and oxygen atoms in total. The van der Waals surface area contributed by atoms with E-state index in [0.29, 0.717) is 36.8 Å². The van der Waals surface area contributed by atoms with Crippen LogP contribution in [0.25, 0.3) is 0 Å². The summed E-state index contributed by atoms with van der Waals surface area (Å²) in [6.45, 7) is 6.35. The second-order valence-corrected chi connectivity index (χ2v) is 18.2. The molecule has 1 aromatic carbocycles. The van der Waals surface area contributed by atoms with Crippen LogP contribution < -0.4 is 15.4 Å². The van der Waals surface area contributed by atoms with Crippen LogP contribution in [-0.4, -0.2) is 101 Å². The predicted molar refractivity (Wildman–Crippen MR) is 201 cm³/mol. The van der Waals surface area contributed by atoms with Crippen molar-refractivity contribution >= 4 is 45.9 Å². The summed E-state index contributed by atoms with van der Waals surface area (Å²) in [4.78, 5) is 84.2. The van der Waals surface area contributed by atoms with Crippen LogP contribution in [0.2, 0.25) is 0 Å². The van der Waals surface area contributed by atoms with Crippen molar-refractivity contribution < 1.29 is 55.8 Å². The summed E-state index contributed by atoms with van der Waals surface area (Å²) in [6, 6.07) is 1.90. The molecular formula is C39H50FN5O11S. The van der Waals surface area contributed by atoms with E-state index in [2.05, 4.69) is 15.4 Å². The molecule has 1 saturated heterocycles. The molecule has 5 amide bonds. The van der Waals surface area contributed by atoms with E-state index >= 15 is 0 Å². The number of carbonyl (C=O) groups excluding carboxylic acids is 6. The van der Waals surface area contributed by atoms with Gasteiger partial charge >= 0.3 is 18.2 Å². The lowest BCUT2D eigenvalue weighted by atomic mass is 10.0. The molecule has 0 radical (unpaired) electrons. The Morgan fingerprint density at radius 3 is 2.46 bits per heavy atom. The summed E-state index contributed by atoms with van der Waals surface area (Å²) in [5.74, 6) is -4.12. The summed E-state index contributed by atoms with van der Waals surface area (Å²) in [5.41, 5.74) is -1.63. The van der Waals surface area contributed by atoms with E-state index in [0.717, 1.165) is 4.90 Å². The Balaban J connectivity index is 1.30. The Labute approximate surface area is 330 Å². The van der Waals surface area contributed by atoms with Gasteiger partial charge in [-0.3, -0.25) is 24.0 Å². The third-order valence-corrected chi connectivity index (χ3v) is 12.5. The van der Waals surface area contributed by atoms with E-state index < -0.39 is 98.3 Å². The molecule has 0 bridgehead atoms. The van der Waals surface area contributed by atoms with Crippen molar-refractivity contribution in [3.05, 3.63) is 59.4 Å². The number of nitrogens with one attached hydrogen (secondary N) is 3. The molecule has 0 aromatic heterocycles. The van der Waals surface area contributed by atoms with Crippen molar-refractivity contribution in [3.8, 4) is 0 Å². The molecule has 2 aliphatic carbocycles. The predicted octanol–water partition coefficient (Wildman–Crippen LogP) is 3.24. The number of sulfonamides is 1. The number of carbonyl (C=O) groups is 6. The minimum Gasteiger partial charge on any atom is -0.459 e. The van der Waals surface area contributed by atoms with Gasteiger partial charge in [-0.2, -0.15) is 0 Å². The molecule has 1 unspecified atom stereocenters. The van der Waals surface area contributed by atoms with Crippen LogP contribution in [0.5, 0.6) is 0 Å². The number of nitrogens with zero attached hydrogens (tertiary/aromatic N) is 2. The fourth-order valence-corrected chi connectivity index (χ4v) is 8.84. The number of amides is 5. The Kier molecular flexibility index (Phi) is 12.0. The van der Waals surface area contributed by atoms with Crippen molar-refractivity contribution in [2.75, 3.05) is 6.54 Å². The summed E-state index contributed by atoms with van der Waals surface area (Å²) >= 11 is 0. The van der Waals surface area contributed by atoms with Gasteiger partial charge in [0, 0.05) is 30.5 Å². The maximum Gasteiger partial charge on any atom is 0.410 e. The van der Waals surface area contributed by atoms with Crippen molar-refractivity contribution in [1.29, 1.82) is 0 Å². The fourth-order valence-electron chi connectivity index (χ4n) is 7.47. The summed E-state index contributed by atoms with van der Waals surface area (Å²) < 4.78 is 59.3. The normalized spacial score (nSPS) is 28.5. The molecular weight excluding hydrogens is 766 g/mol. The number of allylic oxidation sites excluding steroid dienone is 2. The van der Waals surface area contributed by atoms with Crippen LogP contribution in [0, 0.1) is 11.7 Å². The number of hydrogen-bond acceptors (Lipinski definition) is 11. The van der Waals surface area contributed by atoms with Gasteiger partial charge in [-0.1, -0.05) is 30.4 Å². The lowest BCUT2D eigenvalue weighted by molar-refractivity contribution is -0.144. The first-order chi connectivity index (χ1) is 26.9. The first kappa shape index (κ1) is 41.6. The Morgan fingerprint density at radius 1 is 1.02 bits per heavy atom. The van der Waals surface area contributed by atoms with Gasteiger partial charge in [0.05, 0.1) is 18.3 Å². The van der Waals surface area contributed by atoms with Crippen molar-refractivity contribution in [2.45, 2.75) is 133 Å². The van der Waals surface area contributed by atoms with E-state index in [1.807, 2.05) is 0 Å². The number of fused-ring (bicyclic) bond motifs is 3. The highest BCUT2D eigenvalue weighted by atomic mass is 32.2. The van der Waals surface area contributed by atoms with E-state index in [9.17, 15) is 41.6 Å². The summed E-state index contributed by atoms with van der Waals surface area (Å²) in [7, 11) is -4.00. The summed E-state index contributed by atoms with van der Waals surface area (Å²) in [6.07, 6.45) is 4.18. The van der Waals surface area contributed by atoms with Crippen molar-refractivity contribution in [1.82, 2.24) is 25.2 Å². The zero-order valence-corrected chi connectivity index (χ0v) is 33.3. The van der Waals surface area contributed by atoms with Gasteiger partial charge in [0.25, 0.3) is 5.91 Å². The number of benzene rings is 1. The number of ether oxygens (including phenoxy) is 3. The van der Waals surface area contributed by atoms with Crippen LogP contribution in [0.3, 0.4) is 0 Å². The highest BCUT2D eigenvalue weighted by Gasteiger charge is 2.62. The number of alkyl carbamates (subject to hydrolysis) is 1. The van der Waals surface area contributed by atoms with Gasteiger partial charge < -0.3 is 29.7 Å². The molecule has 0 spiro atoms. The van der Waals surface area contributed by atoms with E-state index in [-0.39, 0.29) is 45.3 Å². The van der Waals surface area contributed by atoms with Crippen LogP contribution in [0.15, 0.2) is 42.5 Å². The topological polar surface area (TPSA) is 207 Å². The van der Waals surface area contributed by atoms with E-state index in [1.54, 1.807) is 52.0 Å². The lowest BCUT2D eigenvalue weighted by Gasteiger charge is -2.31. The first-order valence-corrected chi connectivity index (χ1v) is 20.8. The fraction of sp³-hybridized carbons (Fsp3) is 0.590. The second kappa shape index (κ2) is 16.5. The van der Waals surface area contributed by atoms with Gasteiger partial charge in [0.15, 0.2) is 0 Å². The second-order valence-electron chi connectivity index (χ2n) is 16.3. The van der Waals surface area contributed by atoms with Crippen LogP contribution >= 0.6 is 0 Å². The molecule has 18 heteroatoms. The number of rotatable bonds is 7. The standard InChI is InChI=1S/C39H50FN5O11S/c1-5-9-32(46)54-25-12-7-6-11-24-19-39(24,35(49)43-57(52,53)27-15-16-27)42-33(47)31-18-26(55-37(51)44-20-23-10-8-13-29(40)28(23)22-44)21-45(31)34(48)30(17-14-25)41-36(50)56-38(2,3)4/h5-6,8-11,13,24-27,30-31H,7,12,14-22H2,1-4H3,(H,41,50)(H,42,47)(H,43,49)/b9-5+,11-6-/t24-,25?,26-,30+,31+,39-/m1/s1. The number of hydrogen-bond donors (Lipinski definition) is 3. The minimum atomic E-state index is -4.00. The number of esters is 1. The average molecular weight is 816 g/mol. The highest BCUT2D eigenvalue weighted by molar-refractivity contribution is 7.91. The van der Waals surface area contributed by atoms with Gasteiger partial charge in [0.2, 0.25) is 21.8 Å². The molecule has 5 aliphatic rings. The maximum atomic E-state index is 14.6. The van der Waals surface area contributed by atoms with Gasteiger partial charge in [-0.05, 0) is 84.3 Å². The van der Waals surface area contributed by atoms with Gasteiger partial charge in [-0.15, -0.1) is 0 Å². The van der Waals surface area contributed by atoms with Gasteiger partial charge in [-0.25, -0.2) is 27.2 Å². The van der Waals surface area contributed by atoms with E-state index in [4.69, 9.17) is 14.2 Å². The highest BCUT2D eigenvalue weighted by Crippen LogP contribution is 2.46. The molecule has 3 aliphatic heterocycles. The maximum absolute atomic E-state index is 14.6. The van der Waals surface area contributed by atoms with E-state index in [1.165, 1.54) is 23.1 Å². The SMILES string of the molecule is C/C=C/C(=O)OC1CC/C=C\[C@@H]2C[C@@]2(C(=O)NS(=O)(=O)C2CC2)NC(=O)[C@@H]2C[C@@H](OC(=O)N3Cc4cccc(F)c4C3)CN2C(=O)[C@@H](NC(=O)OC(C)(C)C)CC1. The Bertz CT molecular complexity index is 1960. The van der Waals surface area contributed by atoms with Crippen molar-refractivity contribution in [2.24, 2.45) is 5.92 Å². The molecule has 1 aromatic rings. The zero-order chi connectivity index (χ0) is 41.3. The third kappa shape index (κ3) is 9.94. The quantitative estimate of drug-likeness (QED) is 0.158. The Morgan fingerprint density at radius 2 is 1.77 bits per heavy atom. The smallest absolute Gasteiger partial charge is 0.410 e. The summed E-state index contributed by atoms with van der Waals surface area (Å²) in [5, 5.41) is 4.65. The molecule has 6 rings (SSSR count).